The molecule has 1 aromatic heterocycles. The van der Waals surface area contributed by atoms with Crippen molar-refractivity contribution < 1.29 is 14.3 Å². The monoisotopic (exact) mass is 580 g/mol. The van der Waals surface area contributed by atoms with Gasteiger partial charge in [-0.05, 0) is 59.7 Å². The molecule has 0 saturated heterocycles. The number of benzene rings is 3. The van der Waals surface area contributed by atoms with Crippen molar-refractivity contribution >= 4 is 23.4 Å². The molecule has 216 valence electrons. The number of ether oxygens (including phenoxy) is 2. The van der Waals surface area contributed by atoms with Crippen LogP contribution in [0.3, 0.4) is 0 Å². The van der Waals surface area contributed by atoms with E-state index in [9.17, 15) is 9.59 Å². The lowest BCUT2D eigenvalue weighted by molar-refractivity contribution is -0.139. The average molecular weight is 581 g/mol. The van der Waals surface area contributed by atoms with Gasteiger partial charge < -0.3 is 9.47 Å². The minimum absolute atomic E-state index is 0.190. The number of rotatable bonds is 10. The van der Waals surface area contributed by atoms with E-state index in [0.717, 1.165) is 28.9 Å². The van der Waals surface area contributed by atoms with E-state index >= 15 is 0 Å². The molecule has 0 radical (unpaired) electrons. The van der Waals surface area contributed by atoms with E-state index in [1.807, 2.05) is 72.8 Å². The van der Waals surface area contributed by atoms with Gasteiger partial charge in [0.1, 0.15) is 12.4 Å². The van der Waals surface area contributed by atoms with Gasteiger partial charge in [-0.25, -0.2) is 9.79 Å². The lowest BCUT2D eigenvalue weighted by Gasteiger charge is -2.26. The summed E-state index contributed by atoms with van der Waals surface area (Å²) in [5.74, 6) is 0.655. The molecule has 6 nitrogen and oxygen atoms in total. The largest absolute Gasteiger partial charge is 0.489 e. The molecule has 0 aliphatic carbocycles. The summed E-state index contributed by atoms with van der Waals surface area (Å²) in [5.41, 5.74) is 4.90. The van der Waals surface area contributed by atoms with Crippen molar-refractivity contribution in [3.05, 3.63) is 132 Å². The van der Waals surface area contributed by atoms with Gasteiger partial charge in [-0.15, -0.1) is 0 Å². The van der Waals surface area contributed by atoms with Crippen LogP contribution >= 0.6 is 11.3 Å². The Balaban J connectivity index is 1.59. The minimum Gasteiger partial charge on any atom is -0.489 e. The highest BCUT2D eigenvalue weighted by Gasteiger charge is 2.34. The molecule has 3 aromatic carbocycles. The van der Waals surface area contributed by atoms with Crippen molar-refractivity contribution in [1.82, 2.24) is 4.57 Å². The highest BCUT2D eigenvalue weighted by Crippen LogP contribution is 2.33. The third-order valence-corrected chi connectivity index (χ3v) is 8.20. The van der Waals surface area contributed by atoms with Crippen LogP contribution in [-0.2, 0) is 16.1 Å². The predicted molar refractivity (Wildman–Crippen MR) is 167 cm³/mol. The lowest BCUT2D eigenvalue weighted by Crippen LogP contribution is -2.40. The Bertz CT molecular complexity index is 1770. The first-order valence-corrected chi connectivity index (χ1v) is 15.3. The first-order valence-electron chi connectivity index (χ1n) is 14.5. The van der Waals surface area contributed by atoms with Crippen LogP contribution in [0.25, 0.3) is 6.08 Å². The maximum atomic E-state index is 14.0. The maximum Gasteiger partial charge on any atom is 0.338 e. The molecule has 42 heavy (non-hydrogen) atoms. The molecule has 4 aromatic rings. The van der Waals surface area contributed by atoms with Crippen LogP contribution in [0.1, 0.15) is 74.8 Å². The number of carbonyl (C=O) groups excluding carboxylic acids is 1. The van der Waals surface area contributed by atoms with Gasteiger partial charge in [-0.3, -0.25) is 9.36 Å². The third kappa shape index (κ3) is 6.31. The van der Waals surface area contributed by atoms with Crippen molar-refractivity contribution in [2.24, 2.45) is 4.99 Å². The quantitative estimate of drug-likeness (QED) is 0.207. The normalized spacial score (nSPS) is 15.0. The zero-order chi connectivity index (χ0) is 29.6. The van der Waals surface area contributed by atoms with Gasteiger partial charge in [-0.2, -0.15) is 0 Å². The Labute approximate surface area is 250 Å². The predicted octanol–water partition coefficient (Wildman–Crippen LogP) is 6.28. The summed E-state index contributed by atoms with van der Waals surface area (Å²) in [6.07, 6.45) is 3.29. The molecule has 2 heterocycles. The Hall–Kier alpha value is -4.23. The van der Waals surface area contributed by atoms with Crippen molar-refractivity contribution in [2.75, 3.05) is 6.61 Å². The summed E-state index contributed by atoms with van der Waals surface area (Å²) in [6.45, 7) is 8.83. The van der Waals surface area contributed by atoms with E-state index < -0.39 is 12.0 Å². The number of hydrogen-bond donors (Lipinski definition) is 0. The van der Waals surface area contributed by atoms with Gasteiger partial charge in [-0.1, -0.05) is 105 Å². The fourth-order valence-electron chi connectivity index (χ4n) is 5.09. The Morgan fingerprint density at radius 2 is 1.79 bits per heavy atom. The maximum absolute atomic E-state index is 14.0. The van der Waals surface area contributed by atoms with Crippen LogP contribution in [0, 0.1) is 0 Å². The van der Waals surface area contributed by atoms with Gasteiger partial charge in [0.05, 0.1) is 28.5 Å². The van der Waals surface area contributed by atoms with Crippen LogP contribution in [-0.4, -0.2) is 17.1 Å². The fourth-order valence-corrected chi connectivity index (χ4v) is 6.11. The molecule has 0 fully saturated rings. The summed E-state index contributed by atoms with van der Waals surface area (Å²) in [4.78, 5) is 32.9. The Kier molecular flexibility index (Phi) is 9.18. The highest BCUT2D eigenvalue weighted by atomic mass is 32.1. The van der Waals surface area contributed by atoms with Crippen LogP contribution < -0.4 is 19.6 Å². The molecule has 1 aliphatic heterocycles. The van der Waals surface area contributed by atoms with E-state index in [0.29, 0.717) is 39.5 Å². The van der Waals surface area contributed by atoms with E-state index in [1.165, 1.54) is 16.9 Å². The summed E-state index contributed by atoms with van der Waals surface area (Å²) in [7, 11) is 0. The molecular formula is C35H36N2O4S. The summed E-state index contributed by atoms with van der Waals surface area (Å²) in [5, 5.41) is 0. The third-order valence-electron chi connectivity index (χ3n) is 7.22. The molecule has 7 heteroatoms. The number of thiazole rings is 1. The summed E-state index contributed by atoms with van der Waals surface area (Å²) < 4.78 is 13.7. The second-order valence-corrected chi connectivity index (χ2v) is 11.6. The zero-order valence-corrected chi connectivity index (χ0v) is 25.3. The Morgan fingerprint density at radius 3 is 2.48 bits per heavy atom. The van der Waals surface area contributed by atoms with Crippen molar-refractivity contribution in [1.29, 1.82) is 0 Å². The molecule has 1 aliphatic rings. The van der Waals surface area contributed by atoms with Gasteiger partial charge in [0.25, 0.3) is 5.56 Å². The van der Waals surface area contributed by atoms with Crippen molar-refractivity contribution in [3.63, 3.8) is 0 Å². The highest BCUT2D eigenvalue weighted by molar-refractivity contribution is 7.07. The van der Waals surface area contributed by atoms with Gasteiger partial charge in [0.2, 0.25) is 0 Å². The SMILES string of the molecule is CCCC1=C(C(=O)OCC)[C@H](c2ccc(C(C)C)cc2)n2c(s/c(=C/c3cccc(OCc4ccccc4)c3)c2=O)=N1. The smallest absolute Gasteiger partial charge is 0.338 e. The van der Waals surface area contributed by atoms with E-state index in [2.05, 4.69) is 32.9 Å². The standard InChI is InChI=1S/C35H36N2O4S/c1-5-11-29-31(34(39)40-6-2)32(27-18-16-26(17-19-27)23(3)4)37-33(38)30(42-35(37)36-29)21-25-14-10-15-28(20-25)41-22-24-12-8-7-9-13-24/h7-10,12-21,23,32H,5-6,11,22H2,1-4H3/b30-21+/t32-/m0/s1. The first kappa shape index (κ1) is 29.3. The number of nitrogens with zero attached hydrogens (tertiary/aromatic N) is 2. The average Bonchev–Trinajstić information content (AvgIpc) is 3.30. The molecule has 1 atom stereocenters. The summed E-state index contributed by atoms with van der Waals surface area (Å²) in [6, 6.07) is 25.2. The molecular weight excluding hydrogens is 544 g/mol. The molecule has 5 rings (SSSR count). The Morgan fingerprint density at radius 1 is 1.02 bits per heavy atom. The minimum atomic E-state index is -0.620. The number of aromatic nitrogens is 1. The van der Waals surface area contributed by atoms with Crippen LogP contribution in [0.15, 0.2) is 99.9 Å². The first-order chi connectivity index (χ1) is 20.4. The van der Waals surface area contributed by atoms with Crippen molar-refractivity contribution in [3.8, 4) is 5.75 Å². The van der Waals surface area contributed by atoms with Gasteiger partial charge in [0.15, 0.2) is 4.80 Å². The number of allylic oxidation sites excluding steroid dienone is 1. The second-order valence-electron chi connectivity index (χ2n) is 10.6. The van der Waals surface area contributed by atoms with E-state index in [4.69, 9.17) is 14.5 Å². The topological polar surface area (TPSA) is 69.9 Å². The molecule has 0 amide bonds. The molecule has 0 saturated carbocycles. The van der Waals surface area contributed by atoms with Crippen LogP contribution in [0.5, 0.6) is 5.75 Å². The lowest BCUT2D eigenvalue weighted by atomic mass is 9.92. The molecule has 0 unspecified atom stereocenters. The van der Waals surface area contributed by atoms with Gasteiger partial charge in [0, 0.05) is 0 Å². The molecule has 0 N–H and O–H groups in total. The number of hydrogen-bond acceptors (Lipinski definition) is 6. The van der Waals surface area contributed by atoms with E-state index in [-0.39, 0.29) is 12.2 Å². The van der Waals surface area contributed by atoms with Crippen LogP contribution in [0.4, 0.5) is 0 Å². The number of fused-ring (bicyclic) bond motifs is 1. The summed E-state index contributed by atoms with van der Waals surface area (Å²) >= 11 is 1.34. The number of carbonyl (C=O) groups is 1. The zero-order valence-electron chi connectivity index (χ0n) is 24.5. The fraction of sp³-hybridized carbons (Fsp3) is 0.286. The molecule has 0 bridgehead atoms. The van der Waals surface area contributed by atoms with Crippen molar-refractivity contribution in [2.45, 2.75) is 59.1 Å². The molecule has 0 spiro atoms. The van der Waals surface area contributed by atoms with Crippen LogP contribution in [0.2, 0.25) is 0 Å². The second kappa shape index (κ2) is 13.2. The van der Waals surface area contributed by atoms with E-state index in [1.54, 1.807) is 11.5 Å². The van der Waals surface area contributed by atoms with Gasteiger partial charge >= 0.3 is 5.97 Å². The number of esters is 1.